The molecule has 0 aliphatic heterocycles. The first-order valence-electron chi connectivity index (χ1n) is 7.70. The predicted molar refractivity (Wildman–Crippen MR) is 91.6 cm³/mol. The van der Waals surface area contributed by atoms with Gasteiger partial charge < -0.3 is 5.11 Å². The fourth-order valence-corrected chi connectivity index (χ4v) is 2.49. The number of fused-ring (bicyclic) bond motifs is 1. The lowest BCUT2D eigenvalue weighted by Crippen LogP contribution is -1.95. The third-order valence-corrected chi connectivity index (χ3v) is 3.70. The molecule has 0 unspecified atom stereocenters. The summed E-state index contributed by atoms with van der Waals surface area (Å²) in [6.45, 7) is 6.08. The molecule has 0 fully saturated rings. The van der Waals surface area contributed by atoms with Gasteiger partial charge in [0.2, 0.25) is 0 Å². The van der Waals surface area contributed by atoms with Gasteiger partial charge in [0, 0.05) is 6.20 Å². The number of aromatic nitrogens is 2. The molecule has 0 bridgehead atoms. The normalized spacial score (nSPS) is 11.7. The minimum atomic E-state index is -1.03. The van der Waals surface area contributed by atoms with Crippen molar-refractivity contribution in [3.63, 3.8) is 0 Å². The highest BCUT2D eigenvalue weighted by Crippen LogP contribution is 2.30. The maximum absolute atomic E-state index is 11.3. The molecule has 1 N–H and O–H groups in total. The average Bonchev–Trinajstić information content (AvgIpc) is 2.91. The maximum Gasteiger partial charge on any atom is 0.337 e. The fraction of sp³-hybridized carbons (Fsp3) is 0.222. The van der Waals surface area contributed by atoms with Crippen molar-refractivity contribution in [2.45, 2.75) is 26.7 Å². The van der Waals surface area contributed by atoms with Gasteiger partial charge in [-0.25, -0.2) is 9.78 Å². The lowest BCUT2D eigenvalue weighted by molar-refractivity contribution is 0.0697. The predicted octanol–water partition coefficient (Wildman–Crippen LogP) is 4.88. The van der Waals surface area contributed by atoms with Gasteiger partial charge >= 0.3 is 5.97 Å². The zero-order valence-corrected chi connectivity index (χ0v) is 13.8. The van der Waals surface area contributed by atoms with E-state index in [1.165, 1.54) is 6.07 Å². The molecule has 0 amide bonds. The summed E-state index contributed by atoms with van der Waals surface area (Å²) >= 11 is 0. The number of aryl methyl sites for hydroxylation is 1. The summed E-state index contributed by atoms with van der Waals surface area (Å²) in [6.07, 6.45) is 1.95. The molecule has 6 nitrogen and oxygen atoms in total. The molecule has 1 aromatic carbocycles. The molecular formula is C18H18N4O2. The summed E-state index contributed by atoms with van der Waals surface area (Å²) in [4.78, 5) is 15.9. The molecule has 122 valence electrons. The van der Waals surface area contributed by atoms with Gasteiger partial charge in [0.1, 0.15) is 11.3 Å². The number of carbonyl (C=O) groups is 1. The van der Waals surface area contributed by atoms with Gasteiger partial charge in [0.05, 0.1) is 11.3 Å². The highest BCUT2D eigenvalue weighted by Gasteiger charge is 2.15. The first kappa shape index (κ1) is 15.9. The largest absolute Gasteiger partial charge is 0.478 e. The third-order valence-electron chi connectivity index (χ3n) is 3.70. The second-order valence-electron chi connectivity index (χ2n) is 5.93. The number of azo groups is 1. The first-order chi connectivity index (χ1) is 11.5. The molecule has 0 aliphatic rings. The molecule has 24 heavy (non-hydrogen) atoms. The van der Waals surface area contributed by atoms with Crippen LogP contribution in [0.5, 0.6) is 0 Å². The van der Waals surface area contributed by atoms with E-state index < -0.39 is 5.97 Å². The summed E-state index contributed by atoms with van der Waals surface area (Å²) in [5.41, 5.74) is 3.15. The van der Waals surface area contributed by atoms with Crippen LogP contribution in [0.3, 0.4) is 0 Å². The lowest BCUT2D eigenvalue weighted by atomic mass is 10.1. The molecule has 2 heterocycles. The van der Waals surface area contributed by atoms with Crippen molar-refractivity contribution >= 4 is 23.1 Å². The van der Waals surface area contributed by atoms with Crippen LogP contribution in [0.2, 0.25) is 0 Å². The number of carboxylic acid groups (broad SMARTS) is 1. The van der Waals surface area contributed by atoms with Crippen LogP contribution in [0.4, 0.5) is 11.5 Å². The molecule has 0 aliphatic carbocycles. The summed E-state index contributed by atoms with van der Waals surface area (Å²) < 4.78 is 1.89. The van der Waals surface area contributed by atoms with Gasteiger partial charge in [-0.1, -0.05) is 32.0 Å². The molecule has 0 atom stereocenters. The van der Waals surface area contributed by atoms with Crippen molar-refractivity contribution < 1.29 is 9.90 Å². The van der Waals surface area contributed by atoms with E-state index in [0.717, 1.165) is 16.9 Å². The molecule has 3 aromatic rings. The van der Waals surface area contributed by atoms with Crippen LogP contribution < -0.4 is 0 Å². The Morgan fingerprint density at radius 2 is 1.92 bits per heavy atom. The number of aromatic carboxylic acids is 1. The van der Waals surface area contributed by atoms with Crippen LogP contribution >= 0.6 is 0 Å². The molecule has 0 radical (unpaired) electrons. The first-order valence-corrected chi connectivity index (χ1v) is 7.70. The van der Waals surface area contributed by atoms with Gasteiger partial charge in [0.25, 0.3) is 0 Å². The number of hydrogen-bond acceptors (Lipinski definition) is 4. The highest BCUT2D eigenvalue weighted by atomic mass is 16.4. The Balaban J connectivity index is 2.14. The molecule has 0 saturated carbocycles. The third kappa shape index (κ3) is 2.90. The number of imidazole rings is 1. The Hall–Kier alpha value is -3.02. The maximum atomic E-state index is 11.3. The van der Waals surface area contributed by atoms with Gasteiger partial charge in [0.15, 0.2) is 5.82 Å². The molecule has 6 heteroatoms. The van der Waals surface area contributed by atoms with E-state index >= 15 is 0 Å². The quantitative estimate of drug-likeness (QED) is 0.695. The fourth-order valence-electron chi connectivity index (χ4n) is 2.49. The van der Waals surface area contributed by atoms with E-state index in [9.17, 15) is 9.90 Å². The topological polar surface area (TPSA) is 79.3 Å². The van der Waals surface area contributed by atoms with Crippen LogP contribution in [-0.4, -0.2) is 20.5 Å². The number of pyridine rings is 1. The van der Waals surface area contributed by atoms with Crippen LogP contribution in [-0.2, 0) is 0 Å². The second-order valence-corrected chi connectivity index (χ2v) is 5.93. The Bertz CT molecular complexity index is 941. The van der Waals surface area contributed by atoms with Crippen LogP contribution in [0, 0.1) is 6.92 Å². The van der Waals surface area contributed by atoms with E-state index in [4.69, 9.17) is 0 Å². The monoisotopic (exact) mass is 322 g/mol. The Kier molecular flexibility index (Phi) is 4.12. The highest BCUT2D eigenvalue weighted by molar-refractivity contribution is 5.93. The van der Waals surface area contributed by atoms with Crippen LogP contribution in [0.15, 0.2) is 52.8 Å². The number of carboxylic acids is 1. The van der Waals surface area contributed by atoms with E-state index in [1.54, 1.807) is 18.2 Å². The van der Waals surface area contributed by atoms with Gasteiger partial charge in [-0.05, 0) is 36.6 Å². The van der Waals surface area contributed by atoms with Gasteiger partial charge in [-0.3, -0.25) is 4.40 Å². The Morgan fingerprint density at radius 1 is 1.17 bits per heavy atom. The minimum Gasteiger partial charge on any atom is -0.478 e. The standard InChI is InChI=1S/C18H18N4O2/c1-11(2)16-17(22-10-12(3)8-9-15(22)19-16)21-20-14-7-5-4-6-13(14)18(23)24/h4-11H,1-3H3,(H,23,24). The van der Waals surface area contributed by atoms with Crippen LogP contribution in [0.25, 0.3) is 5.65 Å². The molecule has 3 rings (SSSR count). The van der Waals surface area contributed by atoms with Crippen molar-refractivity contribution in [2.75, 3.05) is 0 Å². The van der Waals surface area contributed by atoms with Crippen molar-refractivity contribution in [2.24, 2.45) is 10.2 Å². The van der Waals surface area contributed by atoms with E-state index in [-0.39, 0.29) is 11.5 Å². The van der Waals surface area contributed by atoms with Gasteiger partial charge in [-0.2, -0.15) is 0 Å². The molecule has 0 saturated heterocycles. The lowest BCUT2D eigenvalue weighted by Gasteiger charge is -2.03. The Morgan fingerprint density at radius 3 is 2.62 bits per heavy atom. The van der Waals surface area contributed by atoms with Gasteiger partial charge in [-0.15, -0.1) is 10.2 Å². The molecular weight excluding hydrogens is 304 g/mol. The van der Waals surface area contributed by atoms with E-state index in [0.29, 0.717) is 11.5 Å². The van der Waals surface area contributed by atoms with Crippen molar-refractivity contribution in [3.05, 3.63) is 59.4 Å². The van der Waals surface area contributed by atoms with Crippen molar-refractivity contribution in [1.82, 2.24) is 9.38 Å². The summed E-state index contributed by atoms with van der Waals surface area (Å²) in [6, 6.07) is 10.5. The van der Waals surface area contributed by atoms with Crippen LogP contribution in [0.1, 0.15) is 41.4 Å². The number of benzene rings is 1. The smallest absolute Gasteiger partial charge is 0.337 e. The number of hydrogen-bond donors (Lipinski definition) is 1. The molecule has 0 spiro atoms. The summed E-state index contributed by atoms with van der Waals surface area (Å²) in [7, 11) is 0. The summed E-state index contributed by atoms with van der Waals surface area (Å²) in [5, 5.41) is 17.8. The SMILES string of the molecule is Cc1ccc2nc(C(C)C)c(N=Nc3ccccc3C(=O)O)n2c1. The average molecular weight is 322 g/mol. The number of nitrogens with zero attached hydrogens (tertiary/aromatic N) is 4. The van der Waals surface area contributed by atoms with E-state index in [2.05, 4.69) is 15.2 Å². The molecule has 2 aromatic heterocycles. The zero-order valence-electron chi connectivity index (χ0n) is 13.8. The second kappa shape index (κ2) is 6.23. The van der Waals surface area contributed by atoms with Crippen molar-refractivity contribution in [3.8, 4) is 0 Å². The van der Waals surface area contributed by atoms with Crippen molar-refractivity contribution in [1.29, 1.82) is 0 Å². The Labute approximate surface area is 139 Å². The van der Waals surface area contributed by atoms with E-state index in [1.807, 2.05) is 43.5 Å². The zero-order chi connectivity index (χ0) is 17.3. The minimum absolute atomic E-state index is 0.123. The number of rotatable bonds is 4. The summed E-state index contributed by atoms with van der Waals surface area (Å²) in [5.74, 6) is -0.222.